The number of nitrogens with zero attached hydrogens (tertiary/aromatic N) is 1. The van der Waals surface area contributed by atoms with E-state index in [0.29, 0.717) is 37.9 Å². The minimum Gasteiger partial charge on any atom is -0.489 e. The fourth-order valence-corrected chi connectivity index (χ4v) is 3.83. The second kappa shape index (κ2) is 8.03. The molecule has 2 aromatic carbocycles. The zero-order valence-electron chi connectivity index (χ0n) is 13.4. The summed E-state index contributed by atoms with van der Waals surface area (Å²) < 4.78 is 19.4. The van der Waals surface area contributed by atoms with Crippen molar-refractivity contribution >= 4 is 57.6 Å². The second-order valence-electron chi connectivity index (χ2n) is 5.28. The molecule has 7 heteroatoms. The van der Waals surface area contributed by atoms with Crippen LogP contribution in [-0.4, -0.2) is 16.8 Å². The van der Waals surface area contributed by atoms with Gasteiger partial charge in [-0.3, -0.25) is 9.69 Å². The Hall–Kier alpha value is -2.15. The van der Waals surface area contributed by atoms with E-state index < -0.39 is 5.82 Å². The summed E-state index contributed by atoms with van der Waals surface area (Å²) >= 11 is 12.5. The first-order valence-electron chi connectivity index (χ1n) is 7.56. The Labute approximate surface area is 165 Å². The highest BCUT2D eigenvalue weighted by Gasteiger charge is 2.33. The molecule has 0 radical (unpaired) electrons. The van der Waals surface area contributed by atoms with Gasteiger partial charge in [0.1, 0.15) is 18.2 Å². The normalized spacial score (nSPS) is 15.6. The number of thioether (sulfide) groups is 1. The number of hydrogen-bond donors (Lipinski definition) is 0. The van der Waals surface area contributed by atoms with Crippen molar-refractivity contribution in [1.82, 2.24) is 0 Å². The van der Waals surface area contributed by atoms with Crippen LogP contribution in [0.5, 0.6) is 5.75 Å². The van der Waals surface area contributed by atoms with Crippen LogP contribution in [0, 0.1) is 5.82 Å². The highest BCUT2D eigenvalue weighted by molar-refractivity contribution is 8.27. The van der Waals surface area contributed by atoms with Gasteiger partial charge in [-0.2, -0.15) is 0 Å². The fraction of sp³-hybridized carbons (Fsp3) is 0.0526. The minimum absolute atomic E-state index is 0.319. The van der Waals surface area contributed by atoms with Gasteiger partial charge in [-0.15, -0.1) is 0 Å². The number of halogens is 2. The van der Waals surface area contributed by atoms with Crippen molar-refractivity contribution in [3.05, 3.63) is 76.4 Å². The number of hydrogen-bond acceptors (Lipinski definition) is 4. The lowest BCUT2D eigenvalue weighted by Crippen LogP contribution is -2.27. The lowest BCUT2D eigenvalue weighted by molar-refractivity contribution is -0.113. The average Bonchev–Trinajstić information content (AvgIpc) is 2.88. The van der Waals surface area contributed by atoms with Gasteiger partial charge in [-0.05, 0) is 42.5 Å². The first kappa shape index (κ1) is 18.6. The Kier molecular flexibility index (Phi) is 5.76. The molecule has 3 nitrogen and oxygen atoms in total. The molecule has 1 fully saturated rings. The molecule has 0 N–H and O–H groups in total. The summed E-state index contributed by atoms with van der Waals surface area (Å²) in [5.74, 6) is -0.180. The SMILES string of the molecule is C=CCOc1ccc(Cl)cc1C=C1SC(=S)N(c2cccc(F)c2)C1=O. The van der Waals surface area contributed by atoms with Crippen LogP contribution >= 0.6 is 35.6 Å². The van der Waals surface area contributed by atoms with Gasteiger partial charge in [0, 0.05) is 10.6 Å². The van der Waals surface area contributed by atoms with Crippen molar-refractivity contribution in [1.29, 1.82) is 0 Å². The van der Waals surface area contributed by atoms with Crippen molar-refractivity contribution < 1.29 is 13.9 Å². The predicted octanol–water partition coefficient (Wildman–Crippen LogP) is 5.45. The molecule has 1 aliphatic rings. The Balaban J connectivity index is 1.96. The van der Waals surface area contributed by atoms with Gasteiger partial charge in [-0.25, -0.2) is 4.39 Å². The molecule has 1 saturated heterocycles. The third kappa shape index (κ3) is 3.98. The van der Waals surface area contributed by atoms with Crippen LogP contribution in [0.15, 0.2) is 60.0 Å². The molecule has 2 aromatic rings. The Morgan fingerprint density at radius 1 is 1.31 bits per heavy atom. The number of ether oxygens (including phenoxy) is 1. The van der Waals surface area contributed by atoms with Crippen molar-refractivity contribution in [2.75, 3.05) is 11.5 Å². The molecule has 0 saturated carbocycles. The first-order valence-corrected chi connectivity index (χ1v) is 9.16. The summed E-state index contributed by atoms with van der Waals surface area (Å²) in [5.41, 5.74) is 1.05. The quantitative estimate of drug-likeness (QED) is 0.376. The van der Waals surface area contributed by atoms with Gasteiger partial charge in [-0.1, -0.05) is 54.3 Å². The van der Waals surface area contributed by atoms with E-state index in [1.54, 1.807) is 36.4 Å². The fourth-order valence-electron chi connectivity index (χ4n) is 2.36. The zero-order chi connectivity index (χ0) is 18.7. The van der Waals surface area contributed by atoms with Gasteiger partial charge in [0.05, 0.1) is 10.6 Å². The summed E-state index contributed by atoms with van der Waals surface area (Å²) in [4.78, 5) is 14.5. The van der Waals surface area contributed by atoms with Gasteiger partial charge >= 0.3 is 0 Å². The highest BCUT2D eigenvalue weighted by atomic mass is 35.5. The van der Waals surface area contributed by atoms with Gasteiger partial charge < -0.3 is 4.74 Å². The largest absolute Gasteiger partial charge is 0.489 e. The second-order valence-corrected chi connectivity index (χ2v) is 7.39. The molecule has 1 heterocycles. The van der Waals surface area contributed by atoms with Crippen molar-refractivity contribution in [2.24, 2.45) is 0 Å². The zero-order valence-corrected chi connectivity index (χ0v) is 15.8. The molecule has 1 amide bonds. The molecule has 0 unspecified atom stereocenters. The van der Waals surface area contributed by atoms with Crippen LogP contribution in [-0.2, 0) is 4.79 Å². The van der Waals surface area contributed by atoms with E-state index in [1.807, 2.05) is 0 Å². The number of amides is 1. The monoisotopic (exact) mass is 405 g/mol. The number of rotatable bonds is 5. The van der Waals surface area contributed by atoms with Crippen molar-refractivity contribution in [2.45, 2.75) is 0 Å². The number of carbonyl (C=O) groups excluding carboxylic acids is 1. The van der Waals surface area contributed by atoms with E-state index in [-0.39, 0.29) is 5.91 Å². The summed E-state index contributed by atoms with van der Waals surface area (Å²) in [7, 11) is 0. The lowest BCUT2D eigenvalue weighted by atomic mass is 10.1. The maximum absolute atomic E-state index is 13.5. The number of carbonyl (C=O) groups is 1. The van der Waals surface area contributed by atoms with Crippen molar-refractivity contribution in [3.8, 4) is 5.75 Å². The third-order valence-corrected chi connectivity index (χ3v) is 5.01. The van der Waals surface area contributed by atoms with E-state index in [9.17, 15) is 9.18 Å². The molecule has 0 aromatic heterocycles. The molecule has 0 aliphatic carbocycles. The Bertz CT molecular complexity index is 930. The molecule has 0 bridgehead atoms. The molecule has 132 valence electrons. The van der Waals surface area contributed by atoms with E-state index >= 15 is 0 Å². The maximum Gasteiger partial charge on any atom is 0.270 e. The van der Waals surface area contributed by atoms with Crippen LogP contribution < -0.4 is 9.64 Å². The average molecular weight is 406 g/mol. The molecule has 1 aliphatic heterocycles. The Morgan fingerprint density at radius 3 is 2.85 bits per heavy atom. The maximum atomic E-state index is 13.5. The summed E-state index contributed by atoms with van der Waals surface area (Å²) in [6.45, 7) is 3.95. The molecular weight excluding hydrogens is 393 g/mol. The standard InChI is InChI=1S/C19H13ClFNO2S2/c1-2-8-24-16-7-6-13(20)9-12(16)10-17-18(23)22(19(25)26-17)15-5-3-4-14(21)11-15/h2-7,9-11H,1,8H2. The van der Waals surface area contributed by atoms with Crippen LogP contribution in [0.4, 0.5) is 10.1 Å². The number of benzene rings is 2. The van der Waals surface area contributed by atoms with Gasteiger partial charge in [0.2, 0.25) is 0 Å². The molecule has 0 atom stereocenters. The summed E-state index contributed by atoms with van der Waals surface area (Å²) in [5, 5.41) is 0.516. The third-order valence-electron chi connectivity index (χ3n) is 3.48. The molecule has 3 rings (SSSR count). The molecule has 26 heavy (non-hydrogen) atoms. The van der Waals surface area contributed by atoms with Gasteiger partial charge in [0.15, 0.2) is 4.32 Å². The van der Waals surface area contributed by atoms with E-state index in [4.69, 9.17) is 28.6 Å². The van der Waals surface area contributed by atoms with E-state index in [0.717, 1.165) is 11.8 Å². The van der Waals surface area contributed by atoms with E-state index in [1.165, 1.54) is 23.1 Å². The minimum atomic E-state index is -0.435. The van der Waals surface area contributed by atoms with Crippen molar-refractivity contribution in [3.63, 3.8) is 0 Å². The first-order chi connectivity index (χ1) is 12.5. The number of thiocarbonyl (C=S) groups is 1. The lowest BCUT2D eigenvalue weighted by Gasteiger charge is -2.14. The molecular formula is C19H13ClFNO2S2. The predicted molar refractivity (Wildman–Crippen MR) is 109 cm³/mol. The van der Waals surface area contributed by atoms with E-state index in [2.05, 4.69) is 6.58 Å². The highest BCUT2D eigenvalue weighted by Crippen LogP contribution is 2.37. The van der Waals surface area contributed by atoms with Crippen LogP contribution in [0.3, 0.4) is 0 Å². The van der Waals surface area contributed by atoms with Gasteiger partial charge in [0.25, 0.3) is 5.91 Å². The topological polar surface area (TPSA) is 29.5 Å². The van der Waals surface area contributed by atoms with Crippen LogP contribution in [0.25, 0.3) is 6.08 Å². The van der Waals surface area contributed by atoms with Crippen LogP contribution in [0.1, 0.15) is 5.56 Å². The number of anilines is 1. The summed E-state index contributed by atoms with van der Waals surface area (Å²) in [6.07, 6.45) is 3.30. The molecule has 0 spiro atoms. The summed E-state index contributed by atoms with van der Waals surface area (Å²) in [6, 6.07) is 10.9. The smallest absolute Gasteiger partial charge is 0.270 e. The van der Waals surface area contributed by atoms with Crippen LogP contribution in [0.2, 0.25) is 5.02 Å². The Morgan fingerprint density at radius 2 is 2.12 bits per heavy atom.